The third-order valence-electron chi connectivity index (χ3n) is 3.36. The highest BCUT2D eigenvalue weighted by atomic mass is 19.1. The van der Waals surface area contributed by atoms with Gasteiger partial charge in [0.05, 0.1) is 0 Å². The minimum atomic E-state index is -1.36. The van der Waals surface area contributed by atoms with Crippen LogP contribution in [0, 0.1) is 5.82 Å². The van der Waals surface area contributed by atoms with Gasteiger partial charge in [0.2, 0.25) is 0 Å². The highest BCUT2D eigenvalue weighted by molar-refractivity contribution is 5.91. The first kappa shape index (κ1) is 11.9. The van der Waals surface area contributed by atoms with Crippen molar-refractivity contribution in [2.24, 2.45) is 5.73 Å². The topological polar surface area (TPSA) is 83.5 Å². The van der Waals surface area contributed by atoms with Crippen LogP contribution >= 0.6 is 0 Å². The third-order valence-corrected chi connectivity index (χ3v) is 3.36. The number of carbonyl (C=O) groups is 1. The first-order valence-corrected chi connectivity index (χ1v) is 5.49. The lowest BCUT2D eigenvalue weighted by molar-refractivity contribution is 0.0692. The molecule has 1 aliphatic carbocycles. The van der Waals surface area contributed by atoms with Crippen molar-refractivity contribution in [3.63, 3.8) is 0 Å². The van der Waals surface area contributed by atoms with Crippen LogP contribution < -0.4 is 5.73 Å². The van der Waals surface area contributed by atoms with E-state index in [-0.39, 0.29) is 0 Å². The van der Waals surface area contributed by atoms with Gasteiger partial charge in [0, 0.05) is 5.54 Å². The maximum atomic E-state index is 13.5. The Kier molecular flexibility index (Phi) is 2.79. The monoisotopic (exact) mass is 239 g/mol. The standard InChI is InChI=1S/C12H14FNO3/c13-9-6-7(12(14)3-1-2-4-12)5-8(10(9)15)11(16)17/h5-6,15H,1-4,14H2,(H,16,17). The van der Waals surface area contributed by atoms with Gasteiger partial charge in [-0.1, -0.05) is 12.8 Å². The van der Waals surface area contributed by atoms with E-state index >= 15 is 0 Å². The molecule has 1 fully saturated rings. The molecule has 0 aliphatic heterocycles. The summed E-state index contributed by atoms with van der Waals surface area (Å²) in [5.74, 6) is -3.12. The first-order chi connectivity index (χ1) is 7.94. The molecule has 0 radical (unpaired) electrons. The molecule has 1 aromatic carbocycles. The molecule has 2 rings (SSSR count). The molecule has 0 amide bonds. The van der Waals surface area contributed by atoms with Gasteiger partial charge in [0.25, 0.3) is 0 Å². The van der Waals surface area contributed by atoms with Crippen molar-refractivity contribution in [2.75, 3.05) is 0 Å². The molecule has 0 spiro atoms. The number of halogens is 1. The number of aromatic hydroxyl groups is 1. The number of aromatic carboxylic acids is 1. The average molecular weight is 239 g/mol. The second kappa shape index (κ2) is 4.00. The van der Waals surface area contributed by atoms with E-state index in [1.807, 2.05) is 0 Å². The maximum Gasteiger partial charge on any atom is 0.339 e. The number of carboxylic acid groups (broad SMARTS) is 1. The van der Waals surface area contributed by atoms with E-state index in [4.69, 9.17) is 10.8 Å². The summed E-state index contributed by atoms with van der Waals surface area (Å²) in [6.07, 6.45) is 3.30. The van der Waals surface area contributed by atoms with Crippen LogP contribution in [0.1, 0.15) is 41.6 Å². The number of carboxylic acids is 1. The Morgan fingerprint density at radius 1 is 1.35 bits per heavy atom. The molecule has 0 heterocycles. The van der Waals surface area contributed by atoms with E-state index in [9.17, 15) is 14.3 Å². The summed E-state index contributed by atoms with van der Waals surface area (Å²) >= 11 is 0. The number of phenols is 1. The maximum absolute atomic E-state index is 13.5. The van der Waals surface area contributed by atoms with Crippen molar-refractivity contribution in [1.29, 1.82) is 0 Å². The predicted molar refractivity (Wildman–Crippen MR) is 59.4 cm³/mol. The van der Waals surface area contributed by atoms with Gasteiger partial charge < -0.3 is 15.9 Å². The Labute approximate surface area is 97.9 Å². The Morgan fingerprint density at radius 2 is 1.94 bits per heavy atom. The SMILES string of the molecule is NC1(c2cc(F)c(O)c(C(=O)O)c2)CCCC1. The molecule has 0 aromatic heterocycles. The normalized spacial score (nSPS) is 18.2. The molecule has 0 saturated heterocycles. The quantitative estimate of drug-likeness (QED) is 0.736. The van der Waals surface area contributed by atoms with Gasteiger partial charge in [0.1, 0.15) is 5.56 Å². The molecule has 0 unspecified atom stereocenters. The smallest absolute Gasteiger partial charge is 0.339 e. The summed E-state index contributed by atoms with van der Waals surface area (Å²) in [6.45, 7) is 0. The second-order valence-corrected chi connectivity index (χ2v) is 4.52. The summed E-state index contributed by atoms with van der Waals surface area (Å²) in [7, 11) is 0. The van der Waals surface area contributed by atoms with Crippen molar-refractivity contribution in [3.05, 3.63) is 29.1 Å². The number of hydrogen-bond donors (Lipinski definition) is 3. The predicted octanol–water partition coefficient (Wildman–Crippen LogP) is 1.96. The Hall–Kier alpha value is -1.62. The van der Waals surface area contributed by atoms with Crippen molar-refractivity contribution >= 4 is 5.97 Å². The van der Waals surface area contributed by atoms with Crippen LogP contribution in [0.3, 0.4) is 0 Å². The summed E-state index contributed by atoms with van der Waals surface area (Å²) in [5.41, 5.74) is 5.47. The molecule has 1 aromatic rings. The Morgan fingerprint density at radius 3 is 2.47 bits per heavy atom. The largest absolute Gasteiger partial charge is 0.504 e. The van der Waals surface area contributed by atoms with Crippen LogP contribution in [-0.4, -0.2) is 16.2 Å². The number of hydrogen-bond acceptors (Lipinski definition) is 3. The summed E-state index contributed by atoms with van der Waals surface area (Å²) in [5, 5.41) is 18.2. The third kappa shape index (κ3) is 1.98. The molecular weight excluding hydrogens is 225 g/mol. The van der Waals surface area contributed by atoms with Crippen LogP contribution in [0.5, 0.6) is 5.75 Å². The fourth-order valence-corrected chi connectivity index (χ4v) is 2.34. The molecule has 0 atom stereocenters. The van der Waals surface area contributed by atoms with E-state index in [1.165, 1.54) is 6.07 Å². The molecule has 5 heteroatoms. The highest BCUT2D eigenvalue weighted by Gasteiger charge is 2.33. The lowest BCUT2D eigenvalue weighted by atomic mass is 9.88. The Bertz CT molecular complexity index is 467. The van der Waals surface area contributed by atoms with Gasteiger partial charge in [0.15, 0.2) is 11.6 Å². The average Bonchev–Trinajstić information content (AvgIpc) is 2.69. The fraction of sp³-hybridized carbons (Fsp3) is 0.417. The lowest BCUT2D eigenvalue weighted by Gasteiger charge is -2.24. The zero-order valence-corrected chi connectivity index (χ0v) is 9.24. The van der Waals surface area contributed by atoms with Crippen LogP contribution in [0.15, 0.2) is 12.1 Å². The molecule has 1 saturated carbocycles. The molecular formula is C12H14FNO3. The second-order valence-electron chi connectivity index (χ2n) is 4.52. The zero-order valence-electron chi connectivity index (χ0n) is 9.24. The number of benzene rings is 1. The van der Waals surface area contributed by atoms with Crippen molar-refractivity contribution in [2.45, 2.75) is 31.2 Å². The van der Waals surface area contributed by atoms with Gasteiger partial charge >= 0.3 is 5.97 Å². The lowest BCUT2D eigenvalue weighted by Crippen LogP contribution is -2.33. The van der Waals surface area contributed by atoms with Gasteiger partial charge in [-0.25, -0.2) is 9.18 Å². The van der Waals surface area contributed by atoms with E-state index < -0.39 is 28.6 Å². The molecule has 4 nitrogen and oxygen atoms in total. The minimum Gasteiger partial charge on any atom is -0.504 e. The van der Waals surface area contributed by atoms with Crippen LogP contribution in [0.4, 0.5) is 4.39 Å². The van der Waals surface area contributed by atoms with E-state index in [2.05, 4.69) is 0 Å². The summed E-state index contributed by atoms with van der Waals surface area (Å²) in [6, 6.07) is 2.40. The van der Waals surface area contributed by atoms with Crippen molar-refractivity contribution < 1.29 is 19.4 Å². The fourth-order valence-electron chi connectivity index (χ4n) is 2.34. The number of rotatable bonds is 2. The van der Waals surface area contributed by atoms with Gasteiger partial charge in [-0.3, -0.25) is 0 Å². The van der Waals surface area contributed by atoms with E-state index in [0.29, 0.717) is 18.4 Å². The van der Waals surface area contributed by atoms with E-state index in [1.54, 1.807) is 0 Å². The first-order valence-electron chi connectivity index (χ1n) is 5.49. The van der Waals surface area contributed by atoms with Crippen LogP contribution in [0.2, 0.25) is 0 Å². The highest BCUT2D eigenvalue weighted by Crippen LogP contribution is 2.38. The van der Waals surface area contributed by atoms with Crippen LogP contribution in [-0.2, 0) is 5.54 Å². The van der Waals surface area contributed by atoms with Gasteiger partial charge in [-0.15, -0.1) is 0 Å². The zero-order chi connectivity index (χ0) is 12.6. The van der Waals surface area contributed by atoms with E-state index in [0.717, 1.165) is 18.9 Å². The summed E-state index contributed by atoms with van der Waals surface area (Å²) < 4.78 is 13.5. The molecule has 92 valence electrons. The number of nitrogens with two attached hydrogens (primary N) is 1. The molecule has 0 bridgehead atoms. The molecule has 17 heavy (non-hydrogen) atoms. The van der Waals surface area contributed by atoms with Crippen molar-refractivity contribution in [3.8, 4) is 5.75 Å². The minimum absolute atomic E-state index is 0.434. The van der Waals surface area contributed by atoms with Crippen LogP contribution in [0.25, 0.3) is 0 Å². The van der Waals surface area contributed by atoms with Crippen molar-refractivity contribution in [1.82, 2.24) is 0 Å². The molecule has 1 aliphatic rings. The molecule has 4 N–H and O–H groups in total. The Balaban J connectivity index is 2.52. The van der Waals surface area contributed by atoms with Gasteiger partial charge in [-0.05, 0) is 30.5 Å². The summed E-state index contributed by atoms with van der Waals surface area (Å²) in [4.78, 5) is 10.9. The van der Waals surface area contributed by atoms with Gasteiger partial charge in [-0.2, -0.15) is 0 Å².